The number of rotatable bonds is 4. The summed E-state index contributed by atoms with van der Waals surface area (Å²) in [5, 5.41) is 11.9. The van der Waals surface area contributed by atoms with Gasteiger partial charge in [0.2, 0.25) is 0 Å². The second-order valence-corrected chi connectivity index (χ2v) is 6.67. The molecule has 0 aliphatic heterocycles. The number of ether oxygens (including phenoxy) is 1. The van der Waals surface area contributed by atoms with Crippen LogP contribution in [-0.4, -0.2) is 15.9 Å². The van der Waals surface area contributed by atoms with Crippen molar-refractivity contribution in [3.8, 4) is 0 Å². The van der Waals surface area contributed by atoms with Crippen molar-refractivity contribution < 1.29 is 14.5 Å². The summed E-state index contributed by atoms with van der Waals surface area (Å²) in [7, 11) is 0. The number of hydrogen-bond acceptors (Lipinski definition) is 6. The molecule has 0 atom stereocenters. The van der Waals surface area contributed by atoms with Crippen LogP contribution in [0.2, 0.25) is 5.02 Å². The van der Waals surface area contributed by atoms with Gasteiger partial charge in [-0.1, -0.05) is 17.7 Å². The van der Waals surface area contributed by atoms with E-state index in [2.05, 4.69) is 4.98 Å². The molecular weight excluding hydrogens is 352 g/mol. The third-order valence-corrected chi connectivity index (χ3v) is 4.59. The number of hydrogen-bond donors (Lipinski definition) is 0. The fraction of sp³-hybridized carbons (Fsp3) is 0.125. The highest BCUT2D eigenvalue weighted by Crippen LogP contribution is 2.25. The van der Waals surface area contributed by atoms with Crippen LogP contribution in [0.15, 0.2) is 36.4 Å². The van der Waals surface area contributed by atoms with Crippen LogP contribution in [0, 0.1) is 17.0 Å². The molecule has 2 aromatic carbocycles. The smallest absolute Gasteiger partial charge is 0.340 e. The van der Waals surface area contributed by atoms with E-state index in [0.717, 1.165) is 26.9 Å². The van der Waals surface area contributed by atoms with E-state index < -0.39 is 10.9 Å². The van der Waals surface area contributed by atoms with Crippen molar-refractivity contribution in [2.45, 2.75) is 13.5 Å². The number of aryl methyl sites for hydroxylation is 1. The first-order valence-corrected chi connectivity index (χ1v) is 8.10. The highest BCUT2D eigenvalue weighted by molar-refractivity contribution is 7.18. The Hall–Kier alpha value is -2.51. The summed E-state index contributed by atoms with van der Waals surface area (Å²) in [5.41, 5.74) is 1.38. The SMILES string of the molecule is Cc1nc2cc(COC(=O)c3cc([N+](=O)[O-])ccc3Cl)ccc2s1. The molecule has 0 bridgehead atoms. The molecule has 0 amide bonds. The lowest BCUT2D eigenvalue weighted by atomic mass is 10.2. The van der Waals surface area contributed by atoms with Gasteiger partial charge in [0.05, 0.1) is 30.7 Å². The second-order valence-electron chi connectivity index (χ2n) is 5.03. The van der Waals surface area contributed by atoms with Gasteiger partial charge in [-0.15, -0.1) is 11.3 Å². The van der Waals surface area contributed by atoms with Gasteiger partial charge in [0.25, 0.3) is 5.69 Å². The quantitative estimate of drug-likeness (QED) is 0.387. The van der Waals surface area contributed by atoms with Crippen LogP contribution in [0.25, 0.3) is 10.2 Å². The fourth-order valence-electron chi connectivity index (χ4n) is 2.19. The third-order valence-electron chi connectivity index (χ3n) is 3.31. The van der Waals surface area contributed by atoms with Crippen molar-refractivity contribution >= 4 is 44.8 Å². The summed E-state index contributed by atoms with van der Waals surface area (Å²) in [6.07, 6.45) is 0. The molecule has 0 aliphatic carbocycles. The molecule has 1 aromatic heterocycles. The maximum Gasteiger partial charge on any atom is 0.340 e. The van der Waals surface area contributed by atoms with E-state index in [1.54, 1.807) is 11.3 Å². The van der Waals surface area contributed by atoms with E-state index in [0.29, 0.717) is 0 Å². The molecule has 0 aliphatic rings. The Morgan fingerprint density at radius 2 is 2.12 bits per heavy atom. The monoisotopic (exact) mass is 362 g/mol. The Bertz CT molecular complexity index is 954. The zero-order valence-electron chi connectivity index (χ0n) is 12.5. The Kier molecular flexibility index (Phi) is 4.46. The van der Waals surface area contributed by atoms with Gasteiger partial charge < -0.3 is 4.74 Å². The van der Waals surface area contributed by atoms with Crippen molar-refractivity contribution in [3.05, 3.63) is 67.7 Å². The maximum absolute atomic E-state index is 12.1. The van der Waals surface area contributed by atoms with Crippen molar-refractivity contribution in [3.63, 3.8) is 0 Å². The predicted molar refractivity (Wildman–Crippen MR) is 91.6 cm³/mol. The Balaban J connectivity index is 1.76. The minimum Gasteiger partial charge on any atom is -0.457 e. The number of benzene rings is 2. The number of carbonyl (C=O) groups excluding carboxylic acids is 1. The number of fused-ring (bicyclic) bond motifs is 1. The average Bonchev–Trinajstić information content (AvgIpc) is 2.92. The van der Waals surface area contributed by atoms with Gasteiger partial charge in [-0.25, -0.2) is 9.78 Å². The number of carbonyl (C=O) groups is 1. The molecule has 1 heterocycles. The van der Waals surface area contributed by atoms with E-state index in [4.69, 9.17) is 16.3 Å². The Morgan fingerprint density at radius 1 is 1.33 bits per heavy atom. The first-order valence-electron chi connectivity index (χ1n) is 6.91. The Labute approximate surface area is 145 Å². The van der Waals surface area contributed by atoms with Crippen molar-refractivity contribution in [2.24, 2.45) is 0 Å². The highest BCUT2D eigenvalue weighted by Gasteiger charge is 2.17. The Morgan fingerprint density at radius 3 is 2.88 bits per heavy atom. The summed E-state index contributed by atoms with van der Waals surface area (Å²) < 4.78 is 6.27. The number of esters is 1. The van der Waals surface area contributed by atoms with Crippen molar-refractivity contribution in [1.29, 1.82) is 0 Å². The lowest BCUT2D eigenvalue weighted by Gasteiger charge is -2.06. The molecule has 0 radical (unpaired) electrons. The van der Waals surface area contributed by atoms with Gasteiger partial charge in [-0.2, -0.15) is 0 Å². The average molecular weight is 363 g/mol. The normalized spacial score (nSPS) is 10.8. The number of thiazole rings is 1. The van der Waals surface area contributed by atoms with Gasteiger partial charge in [-0.3, -0.25) is 10.1 Å². The number of aromatic nitrogens is 1. The molecule has 8 heteroatoms. The lowest BCUT2D eigenvalue weighted by Crippen LogP contribution is -2.06. The van der Waals surface area contributed by atoms with Crippen LogP contribution in [0.3, 0.4) is 0 Å². The number of nitro benzene ring substituents is 1. The molecule has 6 nitrogen and oxygen atoms in total. The van der Waals surface area contributed by atoms with Crippen LogP contribution < -0.4 is 0 Å². The van der Waals surface area contributed by atoms with Gasteiger partial charge in [0.1, 0.15) is 6.61 Å². The molecular formula is C16H11ClN2O4S. The standard InChI is InChI=1S/C16H11ClN2O4S/c1-9-18-14-6-10(2-5-15(14)24-9)8-23-16(20)12-7-11(19(21)22)3-4-13(12)17/h2-7H,8H2,1H3. The molecule has 3 aromatic rings. The molecule has 0 fully saturated rings. The maximum atomic E-state index is 12.1. The zero-order valence-corrected chi connectivity index (χ0v) is 14.1. The molecule has 0 saturated heterocycles. The first kappa shape index (κ1) is 16.4. The van der Waals surface area contributed by atoms with Crippen LogP contribution >= 0.6 is 22.9 Å². The molecule has 0 saturated carbocycles. The third kappa shape index (κ3) is 3.37. The van der Waals surface area contributed by atoms with Crippen LogP contribution in [0.1, 0.15) is 20.9 Å². The van der Waals surface area contributed by atoms with Crippen LogP contribution in [0.4, 0.5) is 5.69 Å². The molecule has 0 unspecified atom stereocenters. The summed E-state index contributed by atoms with van der Waals surface area (Å²) in [4.78, 5) is 26.7. The van der Waals surface area contributed by atoms with Crippen molar-refractivity contribution in [1.82, 2.24) is 4.98 Å². The summed E-state index contributed by atoms with van der Waals surface area (Å²) >= 11 is 7.51. The van der Waals surface area contributed by atoms with Gasteiger partial charge in [0.15, 0.2) is 0 Å². The van der Waals surface area contributed by atoms with Gasteiger partial charge >= 0.3 is 5.97 Å². The highest BCUT2D eigenvalue weighted by atomic mass is 35.5. The first-order chi connectivity index (χ1) is 11.4. The largest absolute Gasteiger partial charge is 0.457 e. The summed E-state index contributed by atoms with van der Waals surface area (Å²) in [6, 6.07) is 9.27. The van der Waals surface area contributed by atoms with E-state index in [1.807, 2.05) is 25.1 Å². The van der Waals surface area contributed by atoms with Gasteiger partial charge in [0, 0.05) is 12.1 Å². The topological polar surface area (TPSA) is 82.3 Å². The van der Waals surface area contributed by atoms with Gasteiger partial charge in [-0.05, 0) is 30.7 Å². The van der Waals surface area contributed by atoms with Crippen LogP contribution in [-0.2, 0) is 11.3 Å². The number of nitrogens with zero attached hydrogens (tertiary/aromatic N) is 2. The van der Waals surface area contributed by atoms with E-state index in [-0.39, 0.29) is 22.9 Å². The lowest BCUT2D eigenvalue weighted by molar-refractivity contribution is -0.384. The van der Waals surface area contributed by atoms with E-state index in [1.165, 1.54) is 12.1 Å². The van der Waals surface area contributed by atoms with Crippen LogP contribution in [0.5, 0.6) is 0 Å². The minimum atomic E-state index is -0.710. The minimum absolute atomic E-state index is 0.0311. The second kappa shape index (κ2) is 6.54. The molecule has 0 N–H and O–H groups in total. The van der Waals surface area contributed by atoms with Crippen molar-refractivity contribution in [2.75, 3.05) is 0 Å². The molecule has 0 spiro atoms. The summed E-state index contributed by atoms with van der Waals surface area (Å²) in [5.74, 6) is -0.710. The molecule has 3 rings (SSSR count). The van der Waals surface area contributed by atoms with E-state index in [9.17, 15) is 14.9 Å². The molecule has 122 valence electrons. The fourth-order valence-corrected chi connectivity index (χ4v) is 3.19. The molecule has 24 heavy (non-hydrogen) atoms. The number of halogens is 1. The predicted octanol–water partition coefficient (Wildman–Crippen LogP) is 4.52. The number of nitro groups is 1. The number of non-ortho nitro benzene ring substituents is 1. The summed E-state index contributed by atoms with van der Waals surface area (Å²) in [6.45, 7) is 1.96. The van der Waals surface area contributed by atoms with E-state index >= 15 is 0 Å². The zero-order chi connectivity index (χ0) is 17.3.